The van der Waals surface area contributed by atoms with Crippen molar-refractivity contribution in [3.63, 3.8) is 0 Å². The van der Waals surface area contributed by atoms with E-state index in [0.717, 1.165) is 35.0 Å². The standard InChI is InChI=1S/C20H25BrN2O2S/c1-4-5-18-11-16(13-26-18)20(24)23-22-12-15-10-17(21)6-7-19(15)25-9-8-14(2)3/h6-7,10-14H,4-5,8-9H2,1-3H3,(H,23,24)/b22-12+. The zero-order valence-electron chi connectivity index (χ0n) is 15.4. The Labute approximate surface area is 167 Å². The third-order valence-corrected chi connectivity index (χ3v) is 5.20. The first-order chi connectivity index (χ1) is 12.5. The molecule has 1 aromatic carbocycles. The van der Waals surface area contributed by atoms with Gasteiger partial charge in [0.25, 0.3) is 5.91 Å². The third kappa shape index (κ3) is 6.57. The van der Waals surface area contributed by atoms with Crippen LogP contribution < -0.4 is 10.2 Å². The van der Waals surface area contributed by atoms with Crippen LogP contribution in [0.3, 0.4) is 0 Å². The maximum atomic E-state index is 12.2. The Balaban J connectivity index is 1.99. The van der Waals surface area contributed by atoms with E-state index in [-0.39, 0.29) is 5.91 Å². The number of rotatable bonds is 9. The number of hydrazone groups is 1. The fourth-order valence-electron chi connectivity index (χ4n) is 2.26. The number of aryl methyl sites for hydroxylation is 1. The van der Waals surface area contributed by atoms with Crippen molar-refractivity contribution in [2.75, 3.05) is 6.61 Å². The van der Waals surface area contributed by atoms with Crippen LogP contribution in [0.15, 0.2) is 39.2 Å². The number of ether oxygens (including phenoxy) is 1. The van der Waals surface area contributed by atoms with E-state index >= 15 is 0 Å². The summed E-state index contributed by atoms with van der Waals surface area (Å²) in [4.78, 5) is 13.4. The lowest BCUT2D eigenvalue weighted by atomic mass is 10.1. The molecule has 0 radical (unpaired) electrons. The average Bonchev–Trinajstić information content (AvgIpc) is 3.05. The van der Waals surface area contributed by atoms with Crippen LogP contribution in [0.1, 0.15) is 54.4 Å². The number of benzene rings is 1. The van der Waals surface area contributed by atoms with E-state index in [1.807, 2.05) is 29.6 Å². The first-order valence-corrected chi connectivity index (χ1v) is 10.5. The van der Waals surface area contributed by atoms with Crippen LogP contribution in [0.25, 0.3) is 0 Å². The molecule has 0 aliphatic heterocycles. The number of carbonyl (C=O) groups excluding carboxylic acids is 1. The van der Waals surface area contributed by atoms with Gasteiger partial charge in [-0.1, -0.05) is 43.1 Å². The first-order valence-electron chi connectivity index (χ1n) is 8.82. The zero-order chi connectivity index (χ0) is 18.9. The molecule has 1 aromatic heterocycles. The number of nitrogens with one attached hydrogen (secondary N) is 1. The summed E-state index contributed by atoms with van der Waals surface area (Å²) in [7, 11) is 0. The predicted octanol–water partition coefficient (Wildman–Crippen LogP) is 5.65. The summed E-state index contributed by atoms with van der Waals surface area (Å²) in [6, 6.07) is 7.69. The predicted molar refractivity (Wildman–Crippen MR) is 112 cm³/mol. The summed E-state index contributed by atoms with van der Waals surface area (Å²) in [6.07, 6.45) is 4.67. The summed E-state index contributed by atoms with van der Waals surface area (Å²) >= 11 is 5.07. The highest BCUT2D eigenvalue weighted by Gasteiger charge is 2.08. The summed E-state index contributed by atoms with van der Waals surface area (Å²) in [6.45, 7) is 7.11. The molecule has 2 aromatic rings. The molecular weight excluding hydrogens is 412 g/mol. The van der Waals surface area contributed by atoms with E-state index in [1.165, 1.54) is 4.88 Å². The molecule has 0 fully saturated rings. The lowest BCUT2D eigenvalue weighted by Gasteiger charge is -2.10. The van der Waals surface area contributed by atoms with Crippen LogP contribution in [0.4, 0.5) is 0 Å². The van der Waals surface area contributed by atoms with Gasteiger partial charge in [-0.3, -0.25) is 4.79 Å². The van der Waals surface area contributed by atoms with Crippen LogP contribution in [0.5, 0.6) is 5.75 Å². The number of amides is 1. The molecule has 0 saturated carbocycles. The fourth-order valence-corrected chi connectivity index (χ4v) is 3.61. The van der Waals surface area contributed by atoms with E-state index in [9.17, 15) is 4.79 Å². The maximum Gasteiger partial charge on any atom is 0.272 e. The molecule has 1 N–H and O–H groups in total. The minimum atomic E-state index is -0.197. The number of thiophene rings is 1. The Bertz CT molecular complexity index is 756. The molecule has 26 heavy (non-hydrogen) atoms. The van der Waals surface area contributed by atoms with E-state index < -0.39 is 0 Å². The second-order valence-corrected chi connectivity index (χ2v) is 8.38. The van der Waals surface area contributed by atoms with Crippen LogP contribution in [0, 0.1) is 5.92 Å². The summed E-state index contributed by atoms with van der Waals surface area (Å²) in [5.74, 6) is 1.15. The topological polar surface area (TPSA) is 50.7 Å². The van der Waals surface area contributed by atoms with E-state index in [1.54, 1.807) is 17.6 Å². The van der Waals surface area contributed by atoms with Gasteiger partial charge in [-0.2, -0.15) is 5.10 Å². The van der Waals surface area contributed by atoms with Crippen molar-refractivity contribution in [3.8, 4) is 5.75 Å². The Morgan fingerprint density at radius 3 is 2.92 bits per heavy atom. The van der Waals surface area contributed by atoms with Gasteiger partial charge >= 0.3 is 0 Å². The van der Waals surface area contributed by atoms with Gasteiger partial charge in [0, 0.05) is 20.3 Å². The lowest BCUT2D eigenvalue weighted by Crippen LogP contribution is -2.16. The first kappa shape index (κ1) is 20.6. The average molecular weight is 437 g/mol. The number of nitrogens with zero attached hydrogens (tertiary/aromatic N) is 1. The quantitative estimate of drug-likeness (QED) is 0.407. The molecular formula is C20H25BrN2O2S. The normalized spacial score (nSPS) is 11.3. The highest BCUT2D eigenvalue weighted by Crippen LogP contribution is 2.22. The SMILES string of the molecule is CCCc1cc(C(=O)N/N=C/c2cc(Br)ccc2OCCC(C)C)cs1. The van der Waals surface area contributed by atoms with Gasteiger partial charge in [0.05, 0.1) is 18.4 Å². The molecule has 0 saturated heterocycles. The second-order valence-electron chi connectivity index (χ2n) is 6.46. The molecule has 4 nitrogen and oxygen atoms in total. The smallest absolute Gasteiger partial charge is 0.272 e. The number of hydrogen-bond acceptors (Lipinski definition) is 4. The highest BCUT2D eigenvalue weighted by atomic mass is 79.9. The number of halogens is 1. The van der Waals surface area contributed by atoms with Crippen molar-refractivity contribution < 1.29 is 9.53 Å². The number of carbonyl (C=O) groups is 1. The Kier molecular flexibility index (Phi) is 8.32. The Morgan fingerprint density at radius 2 is 2.19 bits per heavy atom. The van der Waals surface area contributed by atoms with Gasteiger partial charge < -0.3 is 4.74 Å². The van der Waals surface area contributed by atoms with Crippen molar-refractivity contribution in [3.05, 3.63) is 50.1 Å². The summed E-state index contributed by atoms with van der Waals surface area (Å²) < 4.78 is 6.79. The van der Waals surface area contributed by atoms with Crippen molar-refractivity contribution in [1.82, 2.24) is 5.43 Å². The fraction of sp³-hybridized carbons (Fsp3) is 0.400. The highest BCUT2D eigenvalue weighted by molar-refractivity contribution is 9.10. The molecule has 6 heteroatoms. The van der Waals surface area contributed by atoms with Gasteiger partial charge in [-0.25, -0.2) is 5.43 Å². The van der Waals surface area contributed by atoms with Crippen molar-refractivity contribution in [1.29, 1.82) is 0 Å². The van der Waals surface area contributed by atoms with Crippen molar-refractivity contribution in [2.24, 2.45) is 11.0 Å². The maximum absolute atomic E-state index is 12.2. The van der Waals surface area contributed by atoms with Crippen molar-refractivity contribution >= 4 is 39.4 Å². The largest absolute Gasteiger partial charge is 0.493 e. The molecule has 1 heterocycles. The molecule has 0 spiro atoms. The molecule has 0 atom stereocenters. The van der Waals surface area contributed by atoms with Gasteiger partial charge in [-0.15, -0.1) is 11.3 Å². The third-order valence-electron chi connectivity index (χ3n) is 3.71. The number of hydrogen-bond donors (Lipinski definition) is 1. The van der Waals surface area contributed by atoms with Crippen molar-refractivity contribution in [2.45, 2.75) is 40.0 Å². The van der Waals surface area contributed by atoms with Crippen LogP contribution in [0.2, 0.25) is 0 Å². The minimum Gasteiger partial charge on any atom is -0.493 e. The lowest BCUT2D eigenvalue weighted by molar-refractivity contribution is 0.0955. The van der Waals surface area contributed by atoms with E-state index in [0.29, 0.717) is 18.1 Å². The molecule has 0 unspecified atom stereocenters. The molecule has 140 valence electrons. The Morgan fingerprint density at radius 1 is 1.38 bits per heavy atom. The van der Waals surface area contributed by atoms with Crippen LogP contribution in [-0.2, 0) is 6.42 Å². The van der Waals surface area contributed by atoms with Crippen LogP contribution >= 0.6 is 27.3 Å². The van der Waals surface area contributed by atoms with Gasteiger partial charge in [-0.05, 0) is 43.0 Å². The molecule has 1 amide bonds. The monoisotopic (exact) mass is 436 g/mol. The Hall–Kier alpha value is -1.66. The summed E-state index contributed by atoms with van der Waals surface area (Å²) in [5.41, 5.74) is 4.06. The van der Waals surface area contributed by atoms with Gasteiger partial charge in [0.1, 0.15) is 5.75 Å². The molecule has 0 aliphatic rings. The van der Waals surface area contributed by atoms with E-state index in [4.69, 9.17) is 4.74 Å². The minimum absolute atomic E-state index is 0.197. The molecule has 0 aliphatic carbocycles. The molecule has 0 bridgehead atoms. The molecule has 2 rings (SSSR count). The van der Waals surface area contributed by atoms with Crippen LogP contribution in [-0.4, -0.2) is 18.7 Å². The second kappa shape index (κ2) is 10.5. The summed E-state index contributed by atoms with van der Waals surface area (Å²) in [5, 5.41) is 5.97. The van der Waals surface area contributed by atoms with E-state index in [2.05, 4.69) is 47.2 Å². The zero-order valence-corrected chi connectivity index (χ0v) is 17.8. The van der Waals surface area contributed by atoms with Gasteiger partial charge in [0.15, 0.2) is 0 Å². The van der Waals surface area contributed by atoms with Gasteiger partial charge in [0.2, 0.25) is 0 Å².